The highest BCUT2D eigenvalue weighted by Crippen LogP contribution is 2.31. The van der Waals surface area contributed by atoms with Crippen LogP contribution in [0.15, 0.2) is 35.1 Å². The predicted octanol–water partition coefficient (Wildman–Crippen LogP) is 3.56. The van der Waals surface area contributed by atoms with E-state index in [1.54, 1.807) is 13.8 Å². The fourth-order valence-electron chi connectivity index (χ4n) is 3.20. The van der Waals surface area contributed by atoms with Crippen LogP contribution in [0.1, 0.15) is 24.2 Å². The van der Waals surface area contributed by atoms with Crippen molar-refractivity contribution >= 4 is 45.6 Å². The van der Waals surface area contributed by atoms with Crippen molar-refractivity contribution in [1.82, 2.24) is 9.13 Å². The van der Waals surface area contributed by atoms with E-state index in [1.165, 1.54) is 27.3 Å². The number of benzene rings is 2. The van der Waals surface area contributed by atoms with Gasteiger partial charge in [0.05, 0.1) is 31.5 Å². The second kappa shape index (κ2) is 7.95. The number of non-ortho nitro benzene ring substituents is 1. The topological polar surface area (TPSA) is 142 Å². The van der Waals surface area contributed by atoms with Gasteiger partial charge in [0.15, 0.2) is 0 Å². The van der Waals surface area contributed by atoms with E-state index in [4.69, 9.17) is 11.6 Å². The molecule has 0 unspecified atom stereocenters. The molecule has 1 N–H and O–H groups in total. The van der Waals surface area contributed by atoms with Crippen LogP contribution in [-0.4, -0.2) is 24.9 Å². The number of amides is 1. The highest BCUT2D eigenvalue weighted by atomic mass is 35.5. The van der Waals surface area contributed by atoms with Crippen LogP contribution in [0.25, 0.3) is 11.0 Å². The summed E-state index contributed by atoms with van der Waals surface area (Å²) in [7, 11) is 0. The molecule has 0 aliphatic carbocycles. The van der Waals surface area contributed by atoms with Gasteiger partial charge in [0.25, 0.3) is 17.3 Å². The zero-order valence-corrected chi connectivity index (χ0v) is 16.7. The molecule has 0 atom stereocenters. The number of hydrogen-bond acceptors (Lipinski definition) is 6. The molecule has 0 spiro atoms. The molecule has 12 heteroatoms. The van der Waals surface area contributed by atoms with Crippen LogP contribution in [-0.2, 0) is 13.1 Å². The second-order valence-electron chi connectivity index (χ2n) is 6.26. The van der Waals surface area contributed by atoms with Gasteiger partial charge in [0.2, 0.25) is 0 Å². The summed E-state index contributed by atoms with van der Waals surface area (Å²) in [5, 5.41) is 24.9. The van der Waals surface area contributed by atoms with Gasteiger partial charge in [0, 0.05) is 31.3 Å². The van der Waals surface area contributed by atoms with Crippen LogP contribution in [0.4, 0.5) is 17.1 Å². The molecule has 11 nitrogen and oxygen atoms in total. The predicted molar refractivity (Wildman–Crippen MR) is 110 cm³/mol. The van der Waals surface area contributed by atoms with E-state index in [-0.39, 0.29) is 27.7 Å². The van der Waals surface area contributed by atoms with Gasteiger partial charge in [-0.1, -0.05) is 11.6 Å². The Morgan fingerprint density at radius 2 is 1.63 bits per heavy atom. The molecule has 3 rings (SSSR count). The summed E-state index contributed by atoms with van der Waals surface area (Å²) >= 11 is 5.98. The number of halogens is 1. The first-order chi connectivity index (χ1) is 14.2. The first kappa shape index (κ1) is 21.0. The van der Waals surface area contributed by atoms with Gasteiger partial charge in [0.1, 0.15) is 5.69 Å². The van der Waals surface area contributed by atoms with Gasteiger partial charge in [-0.15, -0.1) is 0 Å². The van der Waals surface area contributed by atoms with Crippen molar-refractivity contribution < 1.29 is 14.6 Å². The Balaban J connectivity index is 2.16. The van der Waals surface area contributed by atoms with Gasteiger partial charge in [-0.25, -0.2) is 4.79 Å². The molecule has 0 bridgehead atoms. The maximum atomic E-state index is 12.7. The molecular formula is C18H16ClN5O6. The summed E-state index contributed by atoms with van der Waals surface area (Å²) in [5.74, 6) is -0.855. The van der Waals surface area contributed by atoms with E-state index in [0.29, 0.717) is 24.1 Å². The first-order valence-corrected chi connectivity index (χ1v) is 9.24. The fraction of sp³-hybridized carbons (Fsp3) is 0.222. The average molecular weight is 434 g/mol. The molecule has 30 heavy (non-hydrogen) atoms. The summed E-state index contributed by atoms with van der Waals surface area (Å²) in [5.41, 5.74) is -0.690. The largest absolute Gasteiger partial charge is 0.329 e. The van der Waals surface area contributed by atoms with Gasteiger partial charge < -0.3 is 5.32 Å². The third-order valence-electron chi connectivity index (χ3n) is 4.62. The van der Waals surface area contributed by atoms with Crippen molar-refractivity contribution in [1.29, 1.82) is 0 Å². The molecule has 0 saturated carbocycles. The van der Waals surface area contributed by atoms with Gasteiger partial charge in [-0.2, -0.15) is 0 Å². The maximum absolute atomic E-state index is 12.7. The van der Waals surface area contributed by atoms with Crippen molar-refractivity contribution in [3.8, 4) is 0 Å². The minimum atomic E-state index is -0.855. The summed E-state index contributed by atoms with van der Waals surface area (Å²) < 4.78 is 2.83. The Bertz CT molecular complexity index is 1260. The van der Waals surface area contributed by atoms with Crippen LogP contribution in [0, 0.1) is 20.2 Å². The Hall–Kier alpha value is -3.73. The maximum Gasteiger partial charge on any atom is 0.329 e. The number of aryl methyl sites for hydroxylation is 2. The van der Waals surface area contributed by atoms with Crippen LogP contribution < -0.4 is 11.0 Å². The summed E-state index contributed by atoms with van der Waals surface area (Å²) in [4.78, 5) is 46.4. The number of fused-ring (bicyclic) bond motifs is 1. The van der Waals surface area contributed by atoms with Gasteiger partial charge in [-0.05, 0) is 26.0 Å². The van der Waals surface area contributed by atoms with E-state index in [0.717, 1.165) is 12.1 Å². The molecular weight excluding hydrogens is 418 g/mol. The van der Waals surface area contributed by atoms with E-state index in [1.807, 2.05) is 0 Å². The standard InChI is InChI=1S/C18H16ClN5O6/c1-3-21-15-8-13(14(24(29)30)9-16(15)22(4-2)18(21)26)20-17(25)11-7-10(23(27)28)5-6-12(11)19/h5-9H,3-4H2,1-2H3,(H,20,25). The number of rotatable bonds is 6. The van der Waals surface area contributed by atoms with Crippen LogP contribution in [0.2, 0.25) is 5.02 Å². The molecule has 1 amide bonds. The van der Waals surface area contributed by atoms with E-state index >= 15 is 0 Å². The lowest BCUT2D eigenvalue weighted by Crippen LogP contribution is -2.23. The van der Waals surface area contributed by atoms with E-state index in [9.17, 15) is 29.8 Å². The molecule has 0 saturated heterocycles. The molecule has 2 aromatic carbocycles. The summed E-state index contributed by atoms with van der Waals surface area (Å²) in [6.07, 6.45) is 0. The number of nitrogens with one attached hydrogen (secondary N) is 1. The minimum absolute atomic E-state index is 0.0515. The number of nitrogens with zero attached hydrogens (tertiary/aromatic N) is 4. The van der Waals surface area contributed by atoms with Crippen molar-refractivity contribution in [3.05, 3.63) is 71.6 Å². The molecule has 1 aromatic heterocycles. The molecule has 3 aromatic rings. The number of anilines is 1. The molecule has 0 aliphatic heterocycles. The number of hydrogen-bond donors (Lipinski definition) is 1. The first-order valence-electron chi connectivity index (χ1n) is 8.86. The lowest BCUT2D eigenvalue weighted by atomic mass is 10.1. The van der Waals surface area contributed by atoms with Crippen molar-refractivity contribution in [3.63, 3.8) is 0 Å². The molecule has 0 fully saturated rings. The smallest absolute Gasteiger partial charge is 0.316 e. The van der Waals surface area contributed by atoms with Crippen LogP contribution >= 0.6 is 11.6 Å². The highest BCUT2D eigenvalue weighted by Gasteiger charge is 2.24. The Kier molecular flexibility index (Phi) is 5.56. The number of carbonyl (C=O) groups is 1. The van der Waals surface area contributed by atoms with E-state index in [2.05, 4.69) is 5.32 Å². The average Bonchev–Trinajstić information content (AvgIpc) is 2.96. The fourth-order valence-corrected chi connectivity index (χ4v) is 3.41. The molecule has 0 radical (unpaired) electrons. The lowest BCUT2D eigenvalue weighted by molar-refractivity contribution is -0.384. The van der Waals surface area contributed by atoms with Crippen molar-refractivity contribution in [2.24, 2.45) is 0 Å². The van der Waals surface area contributed by atoms with Crippen molar-refractivity contribution in [2.45, 2.75) is 26.9 Å². The minimum Gasteiger partial charge on any atom is -0.316 e. The monoisotopic (exact) mass is 433 g/mol. The number of imidazole rings is 1. The van der Waals surface area contributed by atoms with Crippen LogP contribution in [0.3, 0.4) is 0 Å². The normalized spacial score (nSPS) is 10.9. The lowest BCUT2D eigenvalue weighted by Gasteiger charge is -2.09. The number of nitro benzene ring substituents is 2. The highest BCUT2D eigenvalue weighted by molar-refractivity contribution is 6.34. The second-order valence-corrected chi connectivity index (χ2v) is 6.67. The number of carbonyl (C=O) groups excluding carboxylic acids is 1. The number of aromatic nitrogens is 2. The SMILES string of the molecule is CCn1c(=O)n(CC)c2cc([N+](=O)[O-])c(NC(=O)c3cc([N+](=O)[O-])ccc3Cl)cc21. The summed E-state index contributed by atoms with van der Waals surface area (Å²) in [6.45, 7) is 4.13. The van der Waals surface area contributed by atoms with Gasteiger partial charge in [-0.3, -0.25) is 34.2 Å². The zero-order valence-electron chi connectivity index (χ0n) is 15.9. The Labute approximate surface area is 173 Å². The third-order valence-corrected chi connectivity index (χ3v) is 4.95. The Morgan fingerprint density at radius 1 is 1.03 bits per heavy atom. The zero-order chi connectivity index (χ0) is 22.2. The third kappa shape index (κ3) is 3.50. The van der Waals surface area contributed by atoms with Crippen molar-refractivity contribution in [2.75, 3.05) is 5.32 Å². The molecule has 0 aliphatic rings. The quantitative estimate of drug-likeness (QED) is 0.465. The van der Waals surface area contributed by atoms with Crippen LogP contribution in [0.5, 0.6) is 0 Å². The molecule has 156 valence electrons. The Morgan fingerprint density at radius 3 is 2.17 bits per heavy atom. The van der Waals surface area contributed by atoms with E-state index < -0.39 is 21.4 Å². The van der Waals surface area contributed by atoms with Gasteiger partial charge >= 0.3 is 5.69 Å². The number of nitro groups is 2. The summed E-state index contributed by atoms with van der Waals surface area (Å²) in [6, 6.07) is 5.88. The molecule has 1 heterocycles.